The van der Waals surface area contributed by atoms with Crippen LogP contribution in [0.1, 0.15) is 47.8 Å². The molecule has 1 atom stereocenters. The van der Waals surface area contributed by atoms with Gasteiger partial charge in [0.05, 0.1) is 10.6 Å². The Labute approximate surface area is 162 Å². The first-order valence-corrected chi connectivity index (χ1v) is 10.5. The van der Waals surface area contributed by atoms with E-state index in [-0.39, 0.29) is 22.8 Å². The average Bonchev–Trinajstić information content (AvgIpc) is 2.57. The van der Waals surface area contributed by atoms with Gasteiger partial charge in [-0.3, -0.25) is 9.52 Å². The van der Waals surface area contributed by atoms with E-state index in [0.29, 0.717) is 16.8 Å². The minimum absolute atomic E-state index is 0.00723. The van der Waals surface area contributed by atoms with Crippen molar-refractivity contribution in [2.45, 2.75) is 52.5 Å². The Morgan fingerprint density at radius 1 is 0.926 bits per heavy atom. The molecule has 0 aliphatic carbocycles. The van der Waals surface area contributed by atoms with Crippen molar-refractivity contribution in [3.8, 4) is 0 Å². The van der Waals surface area contributed by atoms with Crippen LogP contribution in [-0.4, -0.2) is 20.4 Å². The summed E-state index contributed by atoms with van der Waals surface area (Å²) in [6.07, 6.45) is 0. The lowest BCUT2D eigenvalue weighted by atomic mass is 10.1. The maximum Gasteiger partial charge on any atom is 0.262 e. The molecule has 0 spiro atoms. The fourth-order valence-electron chi connectivity index (χ4n) is 2.62. The topological polar surface area (TPSA) is 75.3 Å². The second kappa shape index (κ2) is 8.13. The molecular formula is C21H28N2O3S. The Morgan fingerprint density at radius 2 is 1.59 bits per heavy atom. The van der Waals surface area contributed by atoms with E-state index in [0.717, 1.165) is 11.1 Å². The van der Waals surface area contributed by atoms with Crippen molar-refractivity contribution in [1.29, 1.82) is 0 Å². The van der Waals surface area contributed by atoms with Crippen LogP contribution in [0.25, 0.3) is 0 Å². The second-order valence-electron chi connectivity index (χ2n) is 7.41. The van der Waals surface area contributed by atoms with E-state index >= 15 is 0 Å². The maximum atomic E-state index is 12.9. The smallest absolute Gasteiger partial charge is 0.262 e. The van der Waals surface area contributed by atoms with Crippen molar-refractivity contribution in [2.24, 2.45) is 5.92 Å². The summed E-state index contributed by atoms with van der Waals surface area (Å²) in [7, 11) is -3.81. The Bertz CT molecular complexity index is 950. The van der Waals surface area contributed by atoms with Gasteiger partial charge >= 0.3 is 0 Å². The summed E-state index contributed by atoms with van der Waals surface area (Å²) in [6.45, 7) is 11.5. The molecule has 0 fully saturated rings. The number of carbonyl (C=O) groups excluding carboxylic acids is 1. The first kappa shape index (κ1) is 21.0. The normalized spacial score (nSPS) is 12.7. The third kappa shape index (κ3) is 5.10. The molecule has 0 radical (unpaired) electrons. The molecule has 1 amide bonds. The molecular weight excluding hydrogens is 360 g/mol. The van der Waals surface area contributed by atoms with Crippen LogP contribution in [0.2, 0.25) is 0 Å². The minimum Gasteiger partial charge on any atom is -0.349 e. The van der Waals surface area contributed by atoms with Gasteiger partial charge in [0.1, 0.15) is 0 Å². The van der Waals surface area contributed by atoms with Crippen LogP contribution in [0.15, 0.2) is 41.3 Å². The number of carbonyl (C=O) groups is 1. The Kier molecular flexibility index (Phi) is 6.31. The molecule has 5 nitrogen and oxygen atoms in total. The van der Waals surface area contributed by atoms with Gasteiger partial charge in [-0.25, -0.2) is 8.42 Å². The highest BCUT2D eigenvalue weighted by atomic mass is 32.2. The SMILES string of the molecule is Cc1ccc(NS(=O)(=O)c2cc(C(=O)N[C@H](C)C(C)C)ccc2C)c(C)c1. The van der Waals surface area contributed by atoms with Crippen LogP contribution in [0.3, 0.4) is 0 Å². The quantitative estimate of drug-likeness (QED) is 0.779. The molecule has 6 heteroatoms. The van der Waals surface area contributed by atoms with E-state index in [1.165, 1.54) is 6.07 Å². The monoisotopic (exact) mass is 388 g/mol. The highest BCUT2D eigenvalue weighted by Gasteiger charge is 2.21. The Balaban J connectivity index is 2.35. The molecule has 0 saturated carbocycles. The van der Waals surface area contributed by atoms with Crippen molar-refractivity contribution in [1.82, 2.24) is 5.32 Å². The number of aryl methyl sites for hydroxylation is 3. The lowest BCUT2D eigenvalue weighted by molar-refractivity contribution is 0.0930. The van der Waals surface area contributed by atoms with Crippen molar-refractivity contribution >= 4 is 21.6 Å². The Morgan fingerprint density at radius 3 is 2.19 bits per heavy atom. The third-order valence-electron chi connectivity index (χ3n) is 4.72. The summed E-state index contributed by atoms with van der Waals surface area (Å²) >= 11 is 0. The fourth-order valence-corrected chi connectivity index (χ4v) is 4.02. The van der Waals surface area contributed by atoms with E-state index in [4.69, 9.17) is 0 Å². The number of anilines is 1. The molecule has 2 N–H and O–H groups in total. The number of hydrogen-bond donors (Lipinski definition) is 2. The highest BCUT2D eigenvalue weighted by molar-refractivity contribution is 7.92. The van der Waals surface area contributed by atoms with Gasteiger partial charge < -0.3 is 5.32 Å². The van der Waals surface area contributed by atoms with E-state index in [9.17, 15) is 13.2 Å². The highest BCUT2D eigenvalue weighted by Crippen LogP contribution is 2.23. The molecule has 0 unspecified atom stereocenters. The van der Waals surface area contributed by atoms with Gasteiger partial charge in [0, 0.05) is 11.6 Å². The van der Waals surface area contributed by atoms with Crippen LogP contribution in [0, 0.1) is 26.7 Å². The van der Waals surface area contributed by atoms with Gasteiger partial charge in [-0.15, -0.1) is 0 Å². The molecule has 2 rings (SSSR count). The summed E-state index contributed by atoms with van der Waals surface area (Å²) in [5, 5.41) is 2.90. The zero-order valence-electron chi connectivity index (χ0n) is 16.8. The van der Waals surface area contributed by atoms with Crippen LogP contribution in [-0.2, 0) is 10.0 Å². The first-order chi connectivity index (χ1) is 12.5. The summed E-state index contributed by atoms with van der Waals surface area (Å²) < 4.78 is 28.5. The molecule has 0 aliphatic rings. The maximum absolute atomic E-state index is 12.9. The number of hydrogen-bond acceptors (Lipinski definition) is 3. The number of amides is 1. The average molecular weight is 389 g/mol. The van der Waals surface area contributed by atoms with E-state index in [1.807, 2.05) is 46.8 Å². The molecule has 0 saturated heterocycles. The molecule has 2 aromatic carbocycles. The van der Waals surface area contributed by atoms with Crippen molar-refractivity contribution in [2.75, 3.05) is 4.72 Å². The van der Waals surface area contributed by atoms with Gasteiger partial charge in [0.25, 0.3) is 15.9 Å². The van der Waals surface area contributed by atoms with Gasteiger partial charge in [-0.05, 0) is 62.9 Å². The standard InChI is InChI=1S/C21H28N2O3S/c1-13(2)17(6)22-21(24)18-9-8-15(4)20(12-18)27(25,26)23-19-10-7-14(3)11-16(19)5/h7-13,17,23H,1-6H3,(H,22,24)/t17-/m1/s1. The second-order valence-corrected chi connectivity index (χ2v) is 9.06. The zero-order valence-corrected chi connectivity index (χ0v) is 17.6. The summed E-state index contributed by atoms with van der Waals surface area (Å²) in [5.74, 6) is 0.00736. The van der Waals surface area contributed by atoms with E-state index in [2.05, 4.69) is 10.0 Å². The lowest BCUT2D eigenvalue weighted by Gasteiger charge is -2.18. The molecule has 146 valence electrons. The van der Waals surface area contributed by atoms with Gasteiger partial charge in [0.2, 0.25) is 0 Å². The van der Waals surface area contributed by atoms with Gasteiger partial charge in [-0.2, -0.15) is 0 Å². The summed E-state index contributed by atoms with van der Waals surface area (Å²) in [5.41, 5.74) is 3.35. The molecule has 0 aliphatic heterocycles. The minimum atomic E-state index is -3.81. The largest absolute Gasteiger partial charge is 0.349 e. The van der Waals surface area contributed by atoms with Crippen LogP contribution in [0.5, 0.6) is 0 Å². The van der Waals surface area contributed by atoms with Crippen molar-refractivity contribution in [3.63, 3.8) is 0 Å². The molecule has 0 bridgehead atoms. The van der Waals surface area contributed by atoms with Crippen LogP contribution in [0.4, 0.5) is 5.69 Å². The number of sulfonamides is 1. The van der Waals surface area contributed by atoms with E-state index in [1.54, 1.807) is 25.1 Å². The van der Waals surface area contributed by atoms with Crippen molar-refractivity contribution in [3.05, 3.63) is 58.7 Å². The summed E-state index contributed by atoms with van der Waals surface area (Å²) in [4.78, 5) is 12.6. The van der Waals surface area contributed by atoms with Crippen LogP contribution >= 0.6 is 0 Å². The number of rotatable bonds is 6. The first-order valence-electron chi connectivity index (χ1n) is 9.03. The molecule has 0 heterocycles. The van der Waals surface area contributed by atoms with E-state index < -0.39 is 10.0 Å². The fraction of sp³-hybridized carbons (Fsp3) is 0.381. The Hall–Kier alpha value is -2.34. The van der Waals surface area contributed by atoms with Gasteiger partial charge in [0.15, 0.2) is 0 Å². The summed E-state index contributed by atoms with van der Waals surface area (Å²) in [6, 6.07) is 10.3. The number of benzene rings is 2. The predicted molar refractivity (Wildman–Crippen MR) is 110 cm³/mol. The molecule has 2 aromatic rings. The zero-order chi connectivity index (χ0) is 20.4. The predicted octanol–water partition coefficient (Wildman–Crippen LogP) is 4.19. The van der Waals surface area contributed by atoms with Crippen molar-refractivity contribution < 1.29 is 13.2 Å². The third-order valence-corrected chi connectivity index (χ3v) is 6.23. The molecule has 0 aromatic heterocycles. The van der Waals surface area contributed by atoms with Crippen LogP contribution < -0.4 is 10.0 Å². The molecule has 27 heavy (non-hydrogen) atoms. The lowest BCUT2D eigenvalue weighted by Crippen LogP contribution is -2.36. The number of nitrogens with one attached hydrogen (secondary N) is 2. The van der Waals surface area contributed by atoms with Gasteiger partial charge in [-0.1, -0.05) is 37.6 Å².